The lowest BCUT2D eigenvalue weighted by Gasteiger charge is -2.35. The molecule has 662 valence electrons. The first-order chi connectivity index (χ1) is 65.1. The van der Waals surface area contributed by atoms with Crippen LogP contribution in [0, 0.1) is 0 Å². The minimum Gasteiger partial charge on any atom is -0.455 e. The summed E-state index contributed by atoms with van der Waals surface area (Å²) in [5.41, 5.74) is 48.8. The van der Waals surface area contributed by atoms with Crippen molar-refractivity contribution >= 4 is 60.9 Å². The van der Waals surface area contributed by atoms with Crippen LogP contribution in [-0.2, 0) is 32.5 Å². The van der Waals surface area contributed by atoms with E-state index in [-0.39, 0.29) is 21.7 Å². The number of nitrogens with zero attached hydrogens (tertiary/aromatic N) is 1. The second kappa shape index (κ2) is 32.2. The molecule has 3 nitrogen and oxygen atoms in total. The number of rotatable bonds is 29. The van der Waals surface area contributed by atoms with Crippen molar-refractivity contribution in [3.05, 3.63) is 363 Å². The highest BCUT2D eigenvalue weighted by atomic mass is 16.3. The molecule has 17 aromatic rings. The smallest absolute Gasteiger partial charge is 0.144 e. The Labute approximate surface area is 788 Å². The minimum absolute atomic E-state index is 0.0113. The van der Waals surface area contributed by atoms with Crippen LogP contribution in [0.3, 0.4) is 0 Å². The Hall–Kier alpha value is -12.3. The summed E-state index contributed by atoms with van der Waals surface area (Å²) in [5.74, 6) is 0. The number of unbranched alkanes of at least 4 members (excludes halogenated alkanes) is 16. The number of fused-ring (bicyclic) bond motifs is 35. The van der Waals surface area contributed by atoms with Gasteiger partial charge in [0.1, 0.15) is 22.3 Å². The van der Waals surface area contributed by atoms with Gasteiger partial charge in [-0.15, -0.1) is 0 Å². The van der Waals surface area contributed by atoms with E-state index in [2.05, 4.69) is 359 Å². The average Bonchev–Trinajstić information content (AvgIpc) is 1.51. The van der Waals surface area contributed by atoms with Crippen molar-refractivity contribution in [2.24, 2.45) is 0 Å². The molecule has 133 heavy (non-hydrogen) atoms. The molecule has 2 heterocycles. The second-order valence-corrected chi connectivity index (χ2v) is 42.4. The zero-order valence-electron chi connectivity index (χ0n) is 79.9. The molecule has 0 saturated heterocycles. The molecule has 24 rings (SSSR count). The predicted octanol–water partition coefficient (Wildman–Crippen LogP) is 37.5. The Morgan fingerprint density at radius 2 is 0.556 bits per heavy atom. The van der Waals surface area contributed by atoms with Crippen LogP contribution < -0.4 is 4.90 Å². The maximum absolute atomic E-state index is 7.61. The third-order valence-electron chi connectivity index (χ3n) is 34.0. The van der Waals surface area contributed by atoms with Gasteiger partial charge in [0, 0.05) is 76.8 Å². The second-order valence-electron chi connectivity index (χ2n) is 42.4. The topological polar surface area (TPSA) is 29.5 Å². The molecule has 0 N–H and O–H groups in total. The van der Waals surface area contributed by atoms with Crippen LogP contribution >= 0.6 is 0 Å². The minimum atomic E-state index is -0.555. The maximum atomic E-state index is 7.61. The van der Waals surface area contributed by atoms with Gasteiger partial charge >= 0.3 is 0 Å². The van der Waals surface area contributed by atoms with Crippen molar-refractivity contribution in [2.75, 3.05) is 4.90 Å². The highest BCUT2D eigenvalue weighted by molar-refractivity contribution is 6.22. The number of benzene rings is 15. The molecule has 0 bridgehead atoms. The van der Waals surface area contributed by atoms with Gasteiger partial charge in [0.2, 0.25) is 0 Å². The molecular weight excluding hydrogens is 1610 g/mol. The summed E-state index contributed by atoms with van der Waals surface area (Å²) in [4.78, 5) is 2.71. The number of anilines is 3. The van der Waals surface area contributed by atoms with Gasteiger partial charge in [-0.25, -0.2) is 0 Å². The lowest BCUT2D eigenvalue weighted by molar-refractivity contribution is 0.399. The van der Waals surface area contributed by atoms with Crippen molar-refractivity contribution in [3.8, 4) is 100 Å². The van der Waals surface area contributed by atoms with Gasteiger partial charge in [0.25, 0.3) is 0 Å². The number of hydrogen-bond donors (Lipinski definition) is 0. The lowest BCUT2D eigenvalue weighted by atomic mass is 9.70. The van der Waals surface area contributed by atoms with E-state index < -0.39 is 10.8 Å². The summed E-state index contributed by atoms with van der Waals surface area (Å²) in [5, 5.41) is 4.82. The first-order valence-electron chi connectivity index (χ1n) is 51.3. The van der Waals surface area contributed by atoms with Gasteiger partial charge in [0.05, 0.1) is 5.41 Å². The first kappa shape index (κ1) is 83.7. The average molecular weight is 1730 g/mol. The normalized spacial score (nSPS) is 15.6. The fourth-order valence-corrected chi connectivity index (χ4v) is 27.7. The molecule has 0 atom stereocenters. The molecule has 15 aromatic carbocycles. The van der Waals surface area contributed by atoms with Crippen LogP contribution in [0.2, 0.25) is 0 Å². The Morgan fingerprint density at radius 1 is 0.226 bits per heavy atom. The largest absolute Gasteiger partial charge is 0.455 e. The van der Waals surface area contributed by atoms with Crippen molar-refractivity contribution in [2.45, 2.75) is 256 Å². The van der Waals surface area contributed by atoms with Crippen LogP contribution in [0.1, 0.15) is 301 Å². The van der Waals surface area contributed by atoms with Gasteiger partial charge in [-0.2, -0.15) is 0 Å². The first-order valence-corrected chi connectivity index (χ1v) is 51.3. The van der Waals surface area contributed by atoms with E-state index in [0.29, 0.717) is 0 Å². The number of furan rings is 2. The maximum Gasteiger partial charge on any atom is 0.144 e. The third kappa shape index (κ3) is 12.3. The Morgan fingerprint density at radius 3 is 1.08 bits per heavy atom. The van der Waals surface area contributed by atoms with E-state index in [0.717, 1.165) is 59.4 Å². The quantitative estimate of drug-likeness (QED) is 0.0438. The molecule has 0 unspecified atom stereocenters. The van der Waals surface area contributed by atoms with Crippen LogP contribution in [0.4, 0.5) is 17.1 Å². The Kier molecular flexibility index (Phi) is 20.3. The van der Waals surface area contributed by atoms with E-state index in [1.165, 1.54) is 323 Å². The van der Waals surface area contributed by atoms with Gasteiger partial charge in [-0.05, 0) is 265 Å². The molecule has 7 aliphatic carbocycles. The summed E-state index contributed by atoms with van der Waals surface area (Å²) in [6.45, 7) is 24.4. The summed E-state index contributed by atoms with van der Waals surface area (Å²) < 4.78 is 14.9. The fourth-order valence-electron chi connectivity index (χ4n) is 27.7. The van der Waals surface area contributed by atoms with Gasteiger partial charge < -0.3 is 13.7 Å². The van der Waals surface area contributed by atoms with E-state index in [9.17, 15) is 0 Å². The predicted molar refractivity (Wildman–Crippen MR) is 561 cm³/mol. The van der Waals surface area contributed by atoms with Gasteiger partial charge in [-0.3, -0.25) is 0 Å². The molecule has 3 heteroatoms. The highest BCUT2D eigenvalue weighted by Gasteiger charge is 2.54. The van der Waals surface area contributed by atoms with E-state index in [1.807, 2.05) is 0 Å². The number of hydrogen-bond acceptors (Lipinski definition) is 3. The Balaban J connectivity index is 0.687. The zero-order valence-corrected chi connectivity index (χ0v) is 79.9. The summed E-state index contributed by atoms with van der Waals surface area (Å²) in [6, 6.07) is 113. The number of para-hydroxylation sites is 2. The van der Waals surface area contributed by atoms with E-state index in [4.69, 9.17) is 8.83 Å². The molecule has 7 aliphatic rings. The van der Waals surface area contributed by atoms with E-state index >= 15 is 0 Å². The molecule has 0 amide bonds. The lowest BCUT2D eigenvalue weighted by Crippen LogP contribution is -2.27. The van der Waals surface area contributed by atoms with Crippen molar-refractivity contribution in [1.82, 2.24) is 0 Å². The van der Waals surface area contributed by atoms with Crippen molar-refractivity contribution in [3.63, 3.8) is 0 Å². The van der Waals surface area contributed by atoms with Crippen LogP contribution in [-0.4, -0.2) is 0 Å². The third-order valence-corrected chi connectivity index (χ3v) is 34.0. The Bertz CT molecular complexity index is 7490. The van der Waals surface area contributed by atoms with Gasteiger partial charge in [-0.1, -0.05) is 410 Å². The van der Waals surface area contributed by atoms with Gasteiger partial charge in [0.15, 0.2) is 0 Å². The monoisotopic (exact) mass is 1730 g/mol. The highest BCUT2D eigenvalue weighted by Crippen LogP contribution is 2.69. The van der Waals surface area contributed by atoms with Crippen molar-refractivity contribution in [1.29, 1.82) is 0 Å². The van der Waals surface area contributed by atoms with E-state index in [1.54, 1.807) is 11.1 Å². The SMILES string of the molecule is CCCCCCCC1(CCCCCCC)c2ccccc2-c2ccc(-c3ccc4c(c3)C(C)(C)c3cc(-c5cc6c(c7c5oc5ccccc57)-c5ccc(N(c7ccc8c(c7)C(C)(C)c7c9c(c%10oc%11ccccc%11c%10c7-8)-c7ccccc7C9(C)C)c7ccc8c(c7)C7(c9ccccc9-c9ccccc97)c7ccccc7-8)cc5C6(CCCCCCC)CCCCCCC)ccc3-4)cc21. The molecule has 0 saturated carbocycles. The van der Waals surface area contributed by atoms with Crippen LogP contribution in [0.15, 0.2) is 294 Å². The molecule has 1 spiro atoms. The van der Waals surface area contributed by atoms with Crippen LogP contribution in [0.5, 0.6) is 0 Å². The molecular formula is C130H125NO2. The summed E-state index contributed by atoms with van der Waals surface area (Å²) in [6.07, 6.45) is 29.5. The van der Waals surface area contributed by atoms with Crippen molar-refractivity contribution < 1.29 is 8.83 Å². The van der Waals surface area contributed by atoms with Crippen LogP contribution in [0.25, 0.3) is 144 Å². The zero-order chi connectivity index (χ0) is 90.0. The fraction of sp³-hybridized carbons (Fsp3) is 0.308. The summed E-state index contributed by atoms with van der Waals surface area (Å²) in [7, 11) is 0. The molecule has 0 aliphatic heterocycles. The summed E-state index contributed by atoms with van der Waals surface area (Å²) >= 11 is 0. The molecule has 2 aromatic heterocycles. The standard InChI is InChI=1S/C130H125NO2/c1-11-15-19-23-41-71-128(72-42-24-20-16-12-2)103-53-35-27-45-88(103)94-66-60-83(76-110(94)128)82-59-65-92-93-67-61-84(77-108(93)125(5,6)107(92)75-82)101-81-113-116(118-99-50-32-39-57-114(99)132-123(101)118)98-70-64-86(79-111(98)129(113,73-43-25-21-17-13-3)74-44-26-22-18-14-4)131(87-62-68-95-91-48-30-38-56-106(91)130(112(95)80-87)104-54-36-28-46-89(104)90-47-29-37-55-105(90)130)85-63-69-97-109(78-85)127(9,10)121-117(97)119-100-51-33-40-58-115(100)133-124(119)120-96-49-31-34-52-102(96)126(7,8)122(120)121/h27-40,45-70,75-81H,11-26,41-44,71-74H2,1-10H3. The molecule has 0 radical (unpaired) electrons. The molecule has 0 fully saturated rings.